The van der Waals surface area contributed by atoms with Crippen molar-refractivity contribution < 1.29 is 4.57 Å². The molecule has 2 heteroatoms. The fraction of sp³-hybridized carbons (Fsp3) is 0.160. The van der Waals surface area contributed by atoms with Crippen molar-refractivity contribution in [1.29, 1.82) is 0 Å². The number of aromatic nitrogens is 1. The van der Waals surface area contributed by atoms with Gasteiger partial charge in [-0.3, -0.25) is 0 Å². The van der Waals surface area contributed by atoms with Crippen LogP contribution in [0.1, 0.15) is 24.4 Å². The summed E-state index contributed by atoms with van der Waals surface area (Å²) < 4.78 is 2.42. The second-order valence-electron chi connectivity index (χ2n) is 6.60. The molecule has 0 radical (unpaired) electrons. The highest BCUT2D eigenvalue weighted by Gasteiger charge is 2.26. The minimum Gasteiger partial charge on any atom is -0.153 e. The molecular weight excluding hydrogens is 346 g/mol. The molecule has 1 aromatic heterocycles. The number of aryl methyl sites for hydroxylation is 1. The van der Waals surface area contributed by atoms with Crippen molar-refractivity contribution in [2.75, 3.05) is 0 Å². The molecule has 1 nitrogen and oxygen atoms in total. The van der Waals surface area contributed by atoms with E-state index in [0.29, 0.717) is 0 Å². The van der Waals surface area contributed by atoms with E-state index in [-0.39, 0.29) is 0 Å². The lowest BCUT2D eigenvalue weighted by molar-refractivity contribution is -0.597. The van der Waals surface area contributed by atoms with E-state index in [0.717, 1.165) is 12.8 Å². The molecule has 0 N–H and O–H groups in total. The predicted octanol–water partition coefficient (Wildman–Crippen LogP) is 6.48. The molecule has 0 fully saturated rings. The van der Waals surface area contributed by atoms with Crippen LogP contribution in [-0.4, -0.2) is 0 Å². The van der Waals surface area contributed by atoms with E-state index in [4.69, 9.17) is 0 Å². The topological polar surface area (TPSA) is 3.88 Å². The Kier molecular flexibility index (Phi) is 5.17. The number of benzene rings is 3. The summed E-state index contributed by atoms with van der Waals surface area (Å²) in [6, 6.07) is 28.1. The van der Waals surface area contributed by atoms with E-state index in [9.17, 15) is 0 Å². The number of para-hydroxylation sites is 1. The first-order chi connectivity index (χ1) is 13.3. The molecule has 3 aromatic carbocycles. The average Bonchev–Trinajstić information content (AvgIpc) is 3.17. The van der Waals surface area contributed by atoms with Crippen LogP contribution in [0.2, 0.25) is 0 Å². The predicted molar refractivity (Wildman–Crippen MR) is 115 cm³/mol. The van der Waals surface area contributed by atoms with Crippen molar-refractivity contribution in [2.45, 2.75) is 26.7 Å². The summed E-state index contributed by atoms with van der Waals surface area (Å²) in [7, 11) is 0. The van der Waals surface area contributed by atoms with Gasteiger partial charge in [0.1, 0.15) is 0 Å². The summed E-state index contributed by atoms with van der Waals surface area (Å²) in [5.41, 5.74) is 10.0. The zero-order chi connectivity index (χ0) is 18.6. The van der Waals surface area contributed by atoms with Crippen molar-refractivity contribution in [3.63, 3.8) is 0 Å². The van der Waals surface area contributed by atoms with Gasteiger partial charge in [-0.25, -0.2) is 0 Å². The van der Waals surface area contributed by atoms with Crippen LogP contribution < -0.4 is 4.57 Å². The lowest BCUT2D eigenvalue weighted by Crippen LogP contribution is -2.34. The molecule has 1 heterocycles. The van der Waals surface area contributed by atoms with Gasteiger partial charge in [-0.2, -0.15) is 4.57 Å². The van der Waals surface area contributed by atoms with Crippen molar-refractivity contribution >= 4 is 11.3 Å². The highest BCUT2D eigenvalue weighted by molar-refractivity contribution is 7.09. The minimum atomic E-state index is 1.03. The first kappa shape index (κ1) is 17.7. The van der Waals surface area contributed by atoms with E-state index < -0.39 is 0 Å². The molecule has 27 heavy (non-hydrogen) atoms. The summed E-state index contributed by atoms with van der Waals surface area (Å²) >= 11 is 1.87. The number of nitrogens with zero attached hydrogens (tertiary/aromatic N) is 1. The van der Waals surface area contributed by atoms with Crippen LogP contribution in [0.3, 0.4) is 0 Å². The van der Waals surface area contributed by atoms with Gasteiger partial charge in [0.25, 0.3) is 0 Å². The maximum absolute atomic E-state index is 2.42. The minimum absolute atomic E-state index is 1.03. The van der Waals surface area contributed by atoms with Crippen LogP contribution in [0.15, 0.2) is 84.4 Å². The number of hydrogen-bond donors (Lipinski definition) is 0. The van der Waals surface area contributed by atoms with Gasteiger partial charge in [0.15, 0.2) is 0 Å². The Hall–Kier alpha value is -2.71. The third-order valence-electron chi connectivity index (χ3n) is 5.02. The molecule has 0 saturated carbocycles. The van der Waals surface area contributed by atoms with Gasteiger partial charge in [-0.15, -0.1) is 0 Å². The molecule has 0 saturated heterocycles. The molecular formula is C25H24NS+. The monoisotopic (exact) mass is 370 g/mol. The van der Waals surface area contributed by atoms with Gasteiger partial charge in [0, 0.05) is 6.42 Å². The van der Waals surface area contributed by atoms with Crippen molar-refractivity contribution in [3.8, 4) is 27.9 Å². The van der Waals surface area contributed by atoms with Gasteiger partial charge >= 0.3 is 0 Å². The van der Waals surface area contributed by atoms with E-state index in [2.05, 4.69) is 103 Å². The van der Waals surface area contributed by atoms with Crippen LogP contribution in [0, 0.1) is 0 Å². The maximum Gasteiger partial charge on any atom is 0.231 e. The maximum atomic E-state index is 2.42. The number of rotatable bonds is 5. The highest BCUT2D eigenvalue weighted by Crippen LogP contribution is 2.33. The average molecular weight is 371 g/mol. The third kappa shape index (κ3) is 3.33. The normalized spacial score (nSPS) is 10.9. The first-order valence-electron chi connectivity index (χ1n) is 9.58. The standard InChI is InChI=1S/C25H24NS/c1-3-23-24(4-2)27-18-26(23)25-21(19-12-7-5-8-13-19)16-11-17-22(25)20-14-9-6-10-15-20/h5-18H,3-4H2,1-2H3/q+1. The van der Waals surface area contributed by atoms with Crippen molar-refractivity contribution in [2.24, 2.45) is 0 Å². The van der Waals surface area contributed by atoms with E-state index in [1.807, 2.05) is 11.3 Å². The molecule has 0 amide bonds. The van der Waals surface area contributed by atoms with Gasteiger partial charge in [-0.1, -0.05) is 91.9 Å². The molecule has 4 rings (SSSR count). The summed E-state index contributed by atoms with van der Waals surface area (Å²) in [6.07, 6.45) is 2.11. The van der Waals surface area contributed by atoms with E-state index >= 15 is 0 Å². The largest absolute Gasteiger partial charge is 0.231 e. The van der Waals surface area contributed by atoms with Crippen LogP contribution in [0.4, 0.5) is 0 Å². The molecule has 0 bridgehead atoms. The Morgan fingerprint density at radius 2 is 1.22 bits per heavy atom. The van der Waals surface area contributed by atoms with Crippen LogP contribution in [0.5, 0.6) is 0 Å². The molecule has 0 spiro atoms. The van der Waals surface area contributed by atoms with Gasteiger partial charge in [0.2, 0.25) is 16.9 Å². The van der Waals surface area contributed by atoms with Crippen LogP contribution in [-0.2, 0) is 12.8 Å². The summed E-state index contributed by atoms with van der Waals surface area (Å²) in [5, 5.41) is 0. The molecule has 0 aliphatic rings. The molecule has 0 aliphatic carbocycles. The molecule has 0 aliphatic heterocycles. The second-order valence-corrected chi connectivity index (χ2v) is 7.54. The molecule has 134 valence electrons. The van der Waals surface area contributed by atoms with Crippen LogP contribution >= 0.6 is 11.3 Å². The fourth-order valence-electron chi connectivity index (χ4n) is 3.73. The third-order valence-corrected chi connectivity index (χ3v) is 6.14. The SMILES string of the molecule is CCc1sc[n+](-c2c(-c3ccccc3)cccc2-c2ccccc2)c1CC. The lowest BCUT2D eigenvalue weighted by atomic mass is 9.95. The fourth-order valence-corrected chi connectivity index (χ4v) is 4.74. The Morgan fingerprint density at radius 3 is 1.70 bits per heavy atom. The summed E-state index contributed by atoms with van der Waals surface area (Å²) in [5.74, 6) is 0. The quantitative estimate of drug-likeness (QED) is 0.354. The lowest BCUT2D eigenvalue weighted by Gasteiger charge is -2.11. The smallest absolute Gasteiger partial charge is 0.153 e. The second kappa shape index (κ2) is 7.89. The van der Waals surface area contributed by atoms with Crippen molar-refractivity contribution in [3.05, 3.63) is 94.9 Å². The zero-order valence-electron chi connectivity index (χ0n) is 15.9. The van der Waals surface area contributed by atoms with Crippen LogP contribution in [0.25, 0.3) is 27.9 Å². The summed E-state index contributed by atoms with van der Waals surface area (Å²) in [6.45, 7) is 4.50. The molecule has 0 unspecified atom stereocenters. The molecule has 4 aromatic rings. The highest BCUT2D eigenvalue weighted by atomic mass is 32.1. The number of hydrogen-bond acceptors (Lipinski definition) is 1. The van der Waals surface area contributed by atoms with Gasteiger partial charge in [0.05, 0.1) is 16.0 Å². The Balaban J connectivity index is 2.04. The Bertz CT molecular complexity index is 975. The number of thiazole rings is 1. The Morgan fingerprint density at radius 1 is 0.667 bits per heavy atom. The molecule has 0 atom stereocenters. The first-order valence-corrected chi connectivity index (χ1v) is 10.5. The summed E-state index contributed by atoms with van der Waals surface area (Å²) in [4.78, 5) is 1.47. The van der Waals surface area contributed by atoms with Gasteiger partial charge < -0.3 is 0 Å². The Labute approximate surface area is 165 Å². The van der Waals surface area contributed by atoms with Gasteiger partial charge in [-0.05, 0) is 29.7 Å². The zero-order valence-corrected chi connectivity index (χ0v) is 16.7. The van der Waals surface area contributed by atoms with Crippen molar-refractivity contribution in [1.82, 2.24) is 0 Å². The van der Waals surface area contributed by atoms with E-state index in [1.54, 1.807) is 0 Å². The van der Waals surface area contributed by atoms with E-state index in [1.165, 1.54) is 38.5 Å².